The molecule has 0 saturated carbocycles. The third-order valence-electron chi connectivity index (χ3n) is 5.21. The fourth-order valence-corrected chi connectivity index (χ4v) is 3.66. The zero-order chi connectivity index (χ0) is 23.4. The quantitative estimate of drug-likeness (QED) is 0.391. The second-order valence-corrected chi connectivity index (χ2v) is 7.84. The van der Waals surface area contributed by atoms with Crippen LogP contribution in [0.5, 0.6) is 5.75 Å². The normalized spacial score (nSPS) is 10.8. The van der Waals surface area contributed by atoms with E-state index in [0.29, 0.717) is 27.4 Å². The van der Waals surface area contributed by atoms with E-state index in [1.807, 2.05) is 6.07 Å². The van der Waals surface area contributed by atoms with Gasteiger partial charge >= 0.3 is 6.03 Å². The van der Waals surface area contributed by atoms with Crippen LogP contribution in [-0.4, -0.2) is 23.0 Å². The van der Waals surface area contributed by atoms with Crippen molar-refractivity contribution in [2.45, 2.75) is 13.1 Å². The number of H-pyrrole nitrogens is 1. The Bertz CT molecular complexity index is 1370. The summed E-state index contributed by atoms with van der Waals surface area (Å²) in [4.78, 5) is 30.1. The summed E-state index contributed by atoms with van der Waals surface area (Å²) in [5, 5.41) is 3.83. The summed E-state index contributed by atoms with van der Waals surface area (Å²) in [6, 6.07) is 19.5. The van der Waals surface area contributed by atoms with Crippen molar-refractivity contribution in [1.29, 1.82) is 0 Å². The molecule has 2 amide bonds. The molecule has 0 atom stereocenters. The first-order valence-corrected chi connectivity index (χ1v) is 10.6. The minimum atomic E-state index is -0.565. The number of aromatic nitrogens is 1. The predicted molar refractivity (Wildman–Crippen MR) is 127 cm³/mol. The van der Waals surface area contributed by atoms with Crippen molar-refractivity contribution < 1.29 is 13.9 Å². The average Bonchev–Trinajstić information content (AvgIpc) is 2.81. The van der Waals surface area contributed by atoms with Gasteiger partial charge in [0.1, 0.15) is 11.6 Å². The summed E-state index contributed by atoms with van der Waals surface area (Å²) in [6.07, 6.45) is 0. The van der Waals surface area contributed by atoms with Crippen molar-refractivity contribution in [3.63, 3.8) is 0 Å². The number of fused-ring (bicyclic) bond motifs is 1. The van der Waals surface area contributed by atoms with Gasteiger partial charge in [0.15, 0.2) is 0 Å². The number of hydrogen-bond acceptors (Lipinski definition) is 3. The van der Waals surface area contributed by atoms with Gasteiger partial charge in [-0.1, -0.05) is 41.9 Å². The number of aromatic amines is 1. The van der Waals surface area contributed by atoms with Gasteiger partial charge in [-0.15, -0.1) is 0 Å². The van der Waals surface area contributed by atoms with E-state index in [1.54, 1.807) is 55.6 Å². The molecular formula is C25H21ClFN3O3. The Hall–Kier alpha value is -3.84. The van der Waals surface area contributed by atoms with Crippen molar-refractivity contribution in [3.05, 3.63) is 105 Å². The molecular weight excluding hydrogens is 445 g/mol. The van der Waals surface area contributed by atoms with Crippen LogP contribution in [0, 0.1) is 5.82 Å². The molecule has 4 rings (SSSR count). The third-order valence-corrected chi connectivity index (χ3v) is 5.58. The van der Waals surface area contributed by atoms with Gasteiger partial charge in [-0.25, -0.2) is 9.18 Å². The van der Waals surface area contributed by atoms with Gasteiger partial charge in [-0.2, -0.15) is 0 Å². The van der Waals surface area contributed by atoms with Gasteiger partial charge in [-0.3, -0.25) is 4.79 Å². The van der Waals surface area contributed by atoms with E-state index in [1.165, 1.54) is 23.1 Å². The topological polar surface area (TPSA) is 74.4 Å². The van der Waals surface area contributed by atoms with Gasteiger partial charge in [0, 0.05) is 28.0 Å². The molecule has 1 heterocycles. The minimum absolute atomic E-state index is 0.0198. The Balaban J connectivity index is 1.69. The molecule has 4 aromatic rings. The van der Waals surface area contributed by atoms with E-state index in [2.05, 4.69) is 10.3 Å². The van der Waals surface area contributed by atoms with Crippen LogP contribution in [-0.2, 0) is 13.1 Å². The number of anilines is 1. The molecule has 1 aromatic heterocycles. The Morgan fingerprint density at radius 1 is 1.03 bits per heavy atom. The number of pyridine rings is 1. The second-order valence-electron chi connectivity index (χ2n) is 7.43. The van der Waals surface area contributed by atoms with Crippen molar-refractivity contribution in [2.75, 3.05) is 12.4 Å². The van der Waals surface area contributed by atoms with E-state index in [9.17, 15) is 14.0 Å². The molecule has 0 unspecified atom stereocenters. The predicted octanol–water partition coefficient (Wildman–Crippen LogP) is 5.56. The van der Waals surface area contributed by atoms with Crippen LogP contribution in [0.15, 0.2) is 77.6 Å². The number of methoxy groups -OCH3 is 1. The number of benzene rings is 3. The first kappa shape index (κ1) is 22.4. The fourth-order valence-electron chi connectivity index (χ4n) is 3.47. The van der Waals surface area contributed by atoms with E-state index in [4.69, 9.17) is 16.3 Å². The molecule has 168 valence electrons. The van der Waals surface area contributed by atoms with Crippen LogP contribution in [0.25, 0.3) is 10.9 Å². The Kier molecular flexibility index (Phi) is 6.60. The van der Waals surface area contributed by atoms with Crippen LogP contribution < -0.4 is 15.6 Å². The number of hydrogen-bond donors (Lipinski definition) is 2. The summed E-state index contributed by atoms with van der Waals surface area (Å²) in [5.74, 6) is 0.0879. The largest absolute Gasteiger partial charge is 0.497 e. The zero-order valence-corrected chi connectivity index (χ0v) is 18.5. The lowest BCUT2D eigenvalue weighted by atomic mass is 10.1. The number of carbonyl (C=O) groups excluding carboxylic acids is 1. The maximum Gasteiger partial charge on any atom is 0.322 e. The molecule has 0 fully saturated rings. The summed E-state index contributed by atoms with van der Waals surface area (Å²) >= 11 is 6.30. The lowest BCUT2D eigenvalue weighted by Gasteiger charge is -2.24. The maximum absolute atomic E-state index is 14.1. The molecule has 33 heavy (non-hydrogen) atoms. The summed E-state index contributed by atoms with van der Waals surface area (Å²) in [5.41, 5.74) is 1.44. The van der Waals surface area contributed by atoms with Crippen LogP contribution in [0.2, 0.25) is 5.02 Å². The van der Waals surface area contributed by atoms with Gasteiger partial charge in [0.05, 0.1) is 19.3 Å². The molecule has 0 aliphatic carbocycles. The molecule has 0 saturated heterocycles. The minimum Gasteiger partial charge on any atom is -0.497 e. The molecule has 6 nitrogen and oxygen atoms in total. The number of nitrogens with zero attached hydrogens (tertiary/aromatic N) is 1. The Labute approximate surface area is 194 Å². The monoisotopic (exact) mass is 465 g/mol. The van der Waals surface area contributed by atoms with E-state index in [-0.39, 0.29) is 24.3 Å². The number of amides is 2. The van der Waals surface area contributed by atoms with Crippen LogP contribution in [0.4, 0.5) is 14.9 Å². The number of carbonyl (C=O) groups is 1. The number of rotatable bonds is 6. The summed E-state index contributed by atoms with van der Waals surface area (Å²) in [7, 11) is 1.56. The van der Waals surface area contributed by atoms with Gasteiger partial charge in [-0.05, 0) is 48.0 Å². The highest BCUT2D eigenvalue weighted by Gasteiger charge is 2.19. The van der Waals surface area contributed by atoms with Crippen molar-refractivity contribution in [1.82, 2.24) is 9.88 Å². The van der Waals surface area contributed by atoms with E-state index < -0.39 is 11.8 Å². The first-order valence-electron chi connectivity index (χ1n) is 10.2. The molecule has 0 radical (unpaired) electrons. The highest BCUT2D eigenvalue weighted by Crippen LogP contribution is 2.22. The van der Waals surface area contributed by atoms with Crippen molar-refractivity contribution in [2.24, 2.45) is 0 Å². The lowest BCUT2D eigenvalue weighted by molar-refractivity contribution is 0.206. The van der Waals surface area contributed by atoms with Gasteiger partial charge in [0.2, 0.25) is 0 Å². The van der Waals surface area contributed by atoms with Crippen LogP contribution in [0.3, 0.4) is 0 Å². The smallest absolute Gasteiger partial charge is 0.322 e. The number of nitrogens with one attached hydrogen (secondary N) is 2. The van der Waals surface area contributed by atoms with Crippen LogP contribution in [0.1, 0.15) is 11.1 Å². The molecule has 0 bridgehead atoms. The van der Waals surface area contributed by atoms with Crippen molar-refractivity contribution >= 4 is 34.2 Å². The molecule has 0 aliphatic rings. The van der Waals surface area contributed by atoms with Crippen LogP contribution >= 0.6 is 11.6 Å². The highest BCUT2D eigenvalue weighted by atomic mass is 35.5. The number of para-hydroxylation sites is 1. The number of ether oxygens (including phenoxy) is 1. The SMILES string of the molecule is COc1ccc2[nH]c(=O)c(CN(Cc3ccccc3Cl)C(=O)Nc3ccccc3F)cc2c1. The van der Waals surface area contributed by atoms with Gasteiger partial charge < -0.3 is 19.9 Å². The van der Waals surface area contributed by atoms with E-state index in [0.717, 1.165) is 5.39 Å². The highest BCUT2D eigenvalue weighted by molar-refractivity contribution is 6.31. The second kappa shape index (κ2) is 9.75. The summed E-state index contributed by atoms with van der Waals surface area (Å²) in [6.45, 7) is 0.101. The molecule has 0 spiro atoms. The Morgan fingerprint density at radius 3 is 2.52 bits per heavy atom. The first-order chi connectivity index (χ1) is 15.9. The molecule has 2 N–H and O–H groups in total. The zero-order valence-electron chi connectivity index (χ0n) is 17.8. The average molecular weight is 466 g/mol. The summed E-state index contributed by atoms with van der Waals surface area (Å²) < 4.78 is 19.4. The molecule has 0 aliphatic heterocycles. The number of halogens is 2. The third kappa shape index (κ3) is 5.15. The molecule has 8 heteroatoms. The van der Waals surface area contributed by atoms with Crippen molar-refractivity contribution in [3.8, 4) is 5.75 Å². The fraction of sp³-hybridized carbons (Fsp3) is 0.120. The molecule has 3 aromatic carbocycles. The standard InChI is InChI=1S/C25H21ClFN3O3/c1-33-19-10-11-22-17(13-19)12-18(24(31)28-22)15-30(14-16-6-2-3-7-20(16)26)25(32)29-23-9-5-4-8-21(23)27/h2-13H,14-15H2,1H3,(H,28,31)(H,29,32). The lowest BCUT2D eigenvalue weighted by Crippen LogP contribution is -2.36. The maximum atomic E-state index is 14.1. The Morgan fingerprint density at radius 2 is 1.76 bits per heavy atom. The van der Waals surface area contributed by atoms with E-state index >= 15 is 0 Å². The van der Waals surface area contributed by atoms with Gasteiger partial charge in [0.25, 0.3) is 5.56 Å². The number of urea groups is 1.